The number of nitrogens with zero attached hydrogens (tertiary/aromatic N) is 1. The standard InChI is InChI=1S/C18H27NO4S/c1-14-12-16(22-3)17(13-15(14)2)24(20,21)19-8-4-18(5-9-19)6-10-23-11-7-18/h12-13H,4-11H2,1-3H3. The minimum Gasteiger partial charge on any atom is -0.495 e. The summed E-state index contributed by atoms with van der Waals surface area (Å²) < 4.78 is 38.7. The second-order valence-corrected chi connectivity index (χ2v) is 9.01. The van der Waals surface area contributed by atoms with Crippen LogP contribution >= 0.6 is 0 Å². The third kappa shape index (κ3) is 3.19. The van der Waals surface area contributed by atoms with Gasteiger partial charge in [0.05, 0.1) is 7.11 Å². The first-order chi connectivity index (χ1) is 11.4. The molecule has 1 aromatic carbocycles. The molecule has 1 spiro atoms. The van der Waals surface area contributed by atoms with Crippen LogP contribution in [0, 0.1) is 19.3 Å². The van der Waals surface area contributed by atoms with Gasteiger partial charge in [-0.15, -0.1) is 0 Å². The largest absolute Gasteiger partial charge is 0.495 e. The highest BCUT2D eigenvalue weighted by molar-refractivity contribution is 7.89. The quantitative estimate of drug-likeness (QED) is 0.838. The van der Waals surface area contributed by atoms with Gasteiger partial charge in [-0.1, -0.05) is 0 Å². The smallest absolute Gasteiger partial charge is 0.246 e. The zero-order chi connectivity index (χ0) is 17.4. The second kappa shape index (κ2) is 6.65. The van der Waals surface area contributed by atoms with E-state index in [0.717, 1.165) is 50.0 Å². The molecule has 6 heteroatoms. The van der Waals surface area contributed by atoms with Gasteiger partial charge in [0, 0.05) is 26.3 Å². The summed E-state index contributed by atoms with van der Waals surface area (Å²) in [6.07, 6.45) is 3.94. The van der Waals surface area contributed by atoms with Crippen LogP contribution in [0.5, 0.6) is 5.75 Å². The predicted molar refractivity (Wildman–Crippen MR) is 92.9 cm³/mol. The average molecular weight is 353 g/mol. The molecule has 0 aliphatic carbocycles. The van der Waals surface area contributed by atoms with Crippen molar-refractivity contribution in [2.45, 2.75) is 44.4 Å². The molecule has 0 bridgehead atoms. The lowest BCUT2D eigenvalue weighted by molar-refractivity contribution is -0.01000. The van der Waals surface area contributed by atoms with Crippen LogP contribution in [0.25, 0.3) is 0 Å². The SMILES string of the molecule is COc1cc(C)c(C)cc1S(=O)(=O)N1CCC2(CCOCC2)CC1. The summed E-state index contributed by atoms with van der Waals surface area (Å²) in [7, 11) is -2.00. The Balaban J connectivity index is 1.83. The minimum absolute atomic E-state index is 0.275. The third-order valence-electron chi connectivity index (χ3n) is 5.73. The fraction of sp³-hybridized carbons (Fsp3) is 0.667. The number of hydrogen-bond acceptors (Lipinski definition) is 4. The van der Waals surface area contributed by atoms with Gasteiger partial charge in [-0.05, 0) is 68.2 Å². The molecule has 3 rings (SSSR count). The first-order valence-electron chi connectivity index (χ1n) is 8.61. The Morgan fingerprint density at radius 2 is 1.62 bits per heavy atom. The van der Waals surface area contributed by atoms with E-state index in [1.165, 1.54) is 7.11 Å². The van der Waals surface area contributed by atoms with E-state index in [-0.39, 0.29) is 10.3 Å². The molecule has 0 saturated carbocycles. The normalized spacial score (nSPS) is 21.8. The Bertz CT molecular complexity index is 698. The van der Waals surface area contributed by atoms with Crippen LogP contribution in [0.2, 0.25) is 0 Å². The number of methoxy groups -OCH3 is 1. The van der Waals surface area contributed by atoms with Crippen molar-refractivity contribution in [3.05, 3.63) is 23.3 Å². The molecule has 0 N–H and O–H groups in total. The number of benzene rings is 1. The van der Waals surface area contributed by atoms with Gasteiger partial charge in [0.2, 0.25) is 10.0 Å². The number of rotatable bonds is 3. The highest BCUT2D eigenvalue weighted by Gasteiger charge is 2.40. The Kier molecular flexibility index (Phi) is 4.91. The van der Waals surface area contributed by atoms with Crippen molar-refractivity contribution >= 4 is 10.0 Å². The third-order valence-corrected chi connectivity index (χ3v) is 7.65. The van der Waals surface area contributed by atoms with E-state index in [0.29, 0.717) is 18.8 Å². The number of sulfonamides is 1. The highest BCUT2D eigenvalue weighted by atomic mass is 32.2. The number of ether oxygens (including phenoxy) is 2. The Labute approximate surface area is 145 Å². The Morgan fingerprint density at radius 3 is 2.21 bits per heavy atom. The van der Waals surface area contributed by atoms with Crippen molar-refractivity contribution in [1.82, 2.24) is 4.31 Å². The predicted octanol–water partition coefficient (Wildman–Crippen LogP) is 2.89. The van der Waals surface area contributed by atoms with Gasteiger partial charge in [-0.25, -0.2) is 8.42 Å². The van der Waals surface area contributed by atoms with Crippen LogP contribution < -0.4 is 4.74 Å². The maximum Gasteiger partial charge on any atom is 0.246 e. The van der Waals surface area contributed by atoms with E-state index in [1.807, 2.05) is 19.9 Å². The molecular weight excluding hydrogens is 326 g/mol. The van der Waals surface area contributed by atoms with Crippen LogP contribution in [0.15, 0.2) is 17.0 Å². The lowest BCUT2D eigenvalue weighted by Crippen LogP contribution is -2.45. The maximum absolute atomic E-state index is 13.1. The summed E-state index contributed by atoms with van der Waals surface area (Å²) in [5, 5.41) is 0. The van der Waals surface area contributed by atoms with Crippen molar-refractivity contribution < 1.29 is 17.9 Å². The summed E-state index contributed by atoms with van der Waals surface area (Å²) in [6.45, 7) is 6.66. The van der Waals surface area contributed by atoms with Crippen molar-refractivity contribution in [2.24, 2.45) is 5.41 Å². The minimum atomic E-state index is -3.52. The van der Waals surface area contributed by atoms with Crippen LogP contribution in [-0.4, -0.2) is 46.1 Å². The van der Waals surface area contributed by atoms with Crippen LogP contribution in [-0.2, 0) is 14.8 Å². The first-order valence-corrected chi connectivity index (χ1v) is 10.1. The van der Waals surface area contributed by atoms with E-state index in [4.69, 9.17) is 9.47 Å². The van der Waals surface area contributed by atoms with Gasteiger partial charge in [-0.2, -0.15) is 4.31 Å². The lowest BCUT2D eigenvalue weighted by atomic mass is 9.73. The average Bonchev–Trinajstić information content (AvgIpc) is 2.58. The van der Waals surface area contributed by atoms with Crippen molar-refractivity contribution in [2.75, 3.05) is 33.4 Å². The summed E-state index contributed by atoms with van der Waals surface area (Å²) in [6, 6.07) is 3.55. The van der Waals surface area contributed by atoms with E-state index in [1.54, 1.807) is 10.4 Å². The molecule has 0 atom stereocenters. The van der Waals surface area contributed by atoms with Gasteiger partial charge in [0.15, 0.2) is 0 Å². The van der Waals surface area contributed by atoms with Crippen LogP contribution in [0.1, 0.15) is 36.8 Å². The summed E-state index contributed by atoms with van der Waals surface area (Å²) >= 11 is 0. The van der Waals surface area contributed by atoms with E-state index in [9.17, 15) is 8.42 Å². The monoisotopic (exact) mass is 353 g/mol. The highest BCUT2D eigenvalue weighted by Crippen LogP contribution is 2.42. The molecule has 0 radical (unpaired) electrons. The molecule has 24 heavy (non-hydrogen) atoms. The summed E-state index contributed by atoms with van der Waals surface area (Å²) in [4.78, 5) is 0.288. The Hall–Kier alpha value is -1.11. The molecule has 0 amide bonds. The number of piperidine rings is 1. The van der Waals surface area contributed by atoms with E-state index >= 15 is 0 Å². The molecule has 0 aromatic heterocycles. The molecular formula is C18H27NO4S. The molecule has 0 unspecified atom stereocenters. The molecule has 1 aromatic rings. The van der Waals surface area contributed by atoms with Crippen molar-refractivity contribution in [3.8, 4) is 5.75 Å². The van der Waals surface area contributed by atoms with Gasteiger partial charge in [0.1, 0.15) is 10.6 Å². The summed E-state index contributed by atoms with van der Waals surface area (Å²) in [5.41, 5.74) is 2.27. The number of aryl methyl sites for hydroxylation is 2. The maximum atomic E-state index is 13.1. The van der Waals surface area contributed by atoms with Crippen LogP contribution in [0.4, 0.5) is 0 Å². The van der Waals surface area contributed by atoms with E-state index in [2.05, 4.69) is 0 Å². The first kappa shape index (κ1) is 17.7. The zero-order valence-corrected chi connectivity index (χ0v) is 15.6. The fourth-order valence-corrected chi connectivity index (χ4v) is 5.43. The molecule has 2 heterocycles. The van der Waals surface area contributed by atoms with Gasteiger partial charge >= 0.3 is 0 Å². The molecule has 2 aliphatic rings. The lowest BCUT2D eigenvalue weighted by Gasteiger charge is -2.43. The molecule has 134 valence electrons. The fourth-order valence-electron chi connectivity index (χ4n) is 3.77. The molecule has 2 saturated heterocycles. The van der Waals surface area contributed by atoms with Gasteiger partial charge in [-0.3, -0.25) is 0 Å². The van der Waals surface area contributed by atoms with Crippen LogP contribution in [0.3, 0.4) is 0 Å². The molecule has 2 fully saturated rings. The summed E-state index contributed by atoms with van der Waals surface area (Å²) in [5.74, 6) is 0.435. The van der Waals surface area contributed by atoms with Gasteiger partial charge < -0.3 is 9.47 Å². The van der Waals surface area contributed by atoms with Crippen molar-refractivity contribution in [1.29, 1.82) is 0 Å². The van der Waals surface area contributed by atoms with Gasteiger partial charge in [0.25, 0.3) is 0 Å². The second-order valence-electron chi connectivity index (χ2n) is 7.10. The van der Waals surface area contributed by atoms with E-state index < -0.39 is 10.0 Å². The van der Waals surface area contributed by atoms with Crippen molar-refractivity contribution in [3.63, 3.8) is 0 Å². The zero-order valence-electron chi connectivity index (χ0n) is 14.8. The number of hydrogen-bond donors (Lipinski definition) is 0. The topological polar surface area (TPSA) is 55.8 Å². The Morgan fingerprint density at radius 1 is 1.04 bits per heavy atom. The molecule has 5 nitrogen and oxygen atoms in total. The molecule has 2 aliphatic heterocycles.